The van der Waals surface area contributed by atoms with E-state index in [2.05, 4.69) is 5.32 Å². The van der Waals surface area contributed by atoms with E-state index in [1.54, 1.807) is 13.0 Å². The number of hydrogen-bond acceptors (Lipinski definition) is 13. The number of thioether (sulfide) groups is 1. The number of ether oxygens (including phenoxy) is 2. The van der Waals surface area contributed by atoms with Crippen LogP contribution >= 0.6 is 11.8 Å². The van der Waals surface area contributed by atoms with Crippen LogP contribution in [0.25, 0.3) is 0 Å². The van der Waals surface area contributed by atoms with Crippen LogP contribution in [-0.2, 0) is 37.1 Å². The molecule has 302 valence electrons. The van der Waals surface area contributed by atoms with Gasteiger partial charge in [0.2, 0.25) is 11.8 Å². The second-order valence-electron chi connectivity index (χ2n) is 14.2. The van der Waals surface area contributed by atoms with Crippen molar-refractivity contribution < 1.29 is 53.5 Å². The van der Waals surface area contributed by atoms with Crippen molar-refractivity contribution in [3.63, 3.8) is 0 Å². The molecule has 0 unspecified atom stereocenters. The van der Waals surface area contributed by atoms with Crippen LogP contribution in [0.15, 0.2) is 71.3 Å². The number of nitrogens with one attached hydrogen (secondary N) is 1. The summed E-state index contributed by atoms with van der Waals surface area (Å²) >= 11 is 1.24. The number of carbonyl (C=O) groups excluding carboxylic acids is 4. The second-order valence-corrected chi connectivity index (χ2v) is 15.6. The summed E-state index contributed by atoms with van der Waals surface area (Å²) in [5.74, 6) is -3.25. The fourth-order valence-electron chi connectivity index (χ4n) is 7.55. The van der Waals surface area contributed by atoms with Gasteiger partial charge in [-0.2, -0.15) is 0 Å². The Morgan fingerprint density at radius 3 is 2.14 bits per heavy atom. The molecular formula is C37H40N6O13S. The van der Waals surface area contributed by atoms with Crippen LogP contribution in [0.2, 0.25) is 0 Å². The van der Waals surface area contributed by atoms with E-state index in [0.717, 1.165) is 0 Å². The fourth-order valence-corrected chi connectivity index (χ4v) is 9.09. The minimum atomic E-state index is -1.28. The lowest BCUT2D eigenvalue weighted by Gasteiger charge is -2.46. The van der Waals surface area contributed by atoms with Gasteiger partial charge in [-0.05, 0) is 55.2 Å². The van der Waals surface area contributed by atoms with Gasteiger partial charge < -0.3 is 39.7 Å². The first-order valence-electron chi connectivity index (χ1n) is 18.1. The van der Waals surface area contributed by atoms with E-state index < -0.39 is 70.0 Å². The standard InChI is InChI=1S/C37H40N6O13S/c1-20-31-30(21(2)44)34(46)41(31)32(35(47)48)33(20)57-28-15-27(40(17-28)37(50)56-19-23-5-9-26(10-6-23)43(53)54)11-12-29(45)39-14-13-24(16-39)38-36(49)55-18-22-3-7-25(8-4-22)42(51)52/h3-12,20-21,24,27-28,30-31,44H,13-19H2,1-2H3,(H,38,49)(H,47,48)/b12-11+/t20-,21-,24+,27+,28+,30-,31-/m1/s1. The molecular weight excluding hydrogens is 769 g/mol. The summed E-state index contributed by atoms with van der Waals surface area (Å²) in [6.45, 7) is 3.61. The molecule has 3 saturated heterocycles. The fraction of sp³-hybridized carbons (Fsp3) is 0.432. The van der Waals surface area contributed by atoms with E-state index in [-0.39, 0.29) is 54.5 Å². The summed E-state index contributed by atoms with van der Waals surface area (Å²) in [5.41, 5.74) is 0.706. The van der Waals surface area contributed by atoms with E-state index in [1.807, 2.05) is 0 Å². The van der Waals surface area contributed by atoms with Crippen molar-refractivity contribution in [2.24, 2.45) is 11.8 Å². The van der Waals surface area contributed by atoms with E-state index >= 15 is 0 Å². The Morgan fingerprint density at radius 1 is 0.982 bits per heavy atom. The molecule has 2 aromatic rings. The van der Waals surface area contributed by atoms with Crippen LogP contribution in [0, 0.1) is 32.1 Å². The number of non-ortho nitro benzene ring substituents is 2. The molecule has 4 amide bonds. The van der Waals surface area contributed by atoms with Gasteiger partial charge in [0.05, 0.1) is 40.0 Å². The van der Waals surface area contributed by atoms with Gasteiger partial charge in [-0.1, -0.05) is 13.0 Å². The summed E-state index contributed by atoms with van der Waals surface area (Å²) in [4.78, 5) is 90.0. The molecule has 3 fully saturated rings. The molecule has 4 aliphatic heterocycles. The number of nitro benzene ring substituents is 2. The molecule has 7 atom stereocenters. The zero-order valence-electron chi connectivity index (χ0n) is 30.8. The van der Waals surface area contributed by atoms with Gasteiger partial charge in [-0.3, -0.25) is 29.8 Å². The van der Waals surface area contributed by atoms with Gasteiger partial charge in [0, 0.05) is 66.0 Å². The van der Waals surface area contributed by atoms with Gasteiger partial charge in [0.1, 0.15) is 18.9 Å². The van der Waals surface area contributed by atoms with E-state index in [0.29, 0.717) is 35.4 Å². The smallest absolute Gasteiger partial charge is 0.410 e. The summed E-state index contributed by atoms with van der Waals surface area (Å²) in [6, 6.07) is 9.52. The lowest BCUT2D eigenvalue weighted by Crippen LogP contribution is -2.63. The number of nitro groups is 2. The minimum Gasteiger partial charge on any atom is -0.477 e. The van der Waals surface area contributed by atoms with Crippen LogP contribution in [0.1, 0.15) is 37.8 Å². The number of β-lactam (4-membered cyclic amide) rings is 1. The number of hydrogen-bond donors (Lipinski definition) is 3. The Balaban J connectivity index is 1.10. The number of carboxylic acid groups (broad SMARTS) is 1. The second kappa shape index (κ2) is 17.0. The van der Waals surface area contributed by atoms with Gasteiger partial charge in [-0.25, -0.2) is 14.4 Å². The third-order valence-electron chi connectivity index (χ3n) is 10.5. The normalized spacial score (nSPS) is 24.6. The quantitative estimate of drug-likeness (QED) is 0.113. The topological polar surface area (TPSA) is 252 Å². The van der Waals surface area contributed by atoms with Crippen molar-refractivity contribution in [3.8, 4) is 0 Å². The van der Waals surface area contributed by atoms with Crippen LogP contribution in [0.4, 0.5) is 21.0 Å². The number of aliphatic hydroxyl groups is 1. The number of carboxylic acids is 1. The summed E-state index contributed by atoms with van der Waals surface area (Å²) in [5, 5.41) is 44.6. The lowest BCUT2D eigenvalue weighted by atomic mass is 9.79. The lowest BCUT2D eigenvalue weighted by molar-refractivity contribution is -0.385. The molecule has 0 aromatic heterocycles. The Morgan fingerprint density at radius 2 is 1.58 bits per heavy atom. The van der Waals surface area contributed by atoms with E-state index in [9.17, 15) is 54.4 Å². The monoisotopic (exact) mass is 808 g/mol. The predicted octanol–water partition coefficient (Wildman–Crippen LogP) is 3.55. The average molecular weight is 809 g/mol. The minimum absolute atomic E-state index is 0.0893. The molecule has 19 nitrogen and oxygen atoms in total. The first-order chi connectivity index (χ1) is 27.1. The largest absolute Gasteiger partial charge is 0.477 e. The number of carbonyl (C=O) groups is 5. The van der Waals surface area contributed by atoms with Gasteiger partial charge in [0.15, 0.2) is 0 Å². The van der Waals surface area contributed by atoms with Crippen molar-refractivity contribution in [1.29, 1.82) is 0 Å². The third-order valence-corrected chi connectivity index (χ3v) is 11.9. The number of fused-ring (bicyclic) bond motifs is 1. The molecule has 57 heavy (non-hydrogen) atoms. The van der Waals surface area contributed by atoms with Gasteiger partial charge in [-0.15, -0.1) is 11.8 Å². The Hall–Kier alpha value is -6.02. The van der Waals surface area contributed by atoms with E-state index in [4.69, 9.17) is 9.47 Å². The number of benzene rings is 2. The highest BCUT2D eigenvalue weighted by Gasteiger charge is 2.60. The summed E-state index contributed by atoms with van der Waals surface area (Å²) < 4.78 is 10.8. The Labute approximate surface area is 329 Å². The number of amides is 4. The molecule has 0 aliphatic carbocycles. The molecule has 0 bridgehead atoms. The first kappa shape index (κ1) is 40.6. The maximum atomic E-state index is 13.5. The molecule has 2 aromatic carbocycles. The maximum Gasteiger partial charge on any atom is 0.410 e. The highest BCUT2D eigenvalue weighted by Crippen LogP contribution is 2.52. The van der Waals surface area contributed by atoms with Crippen molar-refractivity contribution in [2.75, 3.05) is 19.6 Å². The number of rotatable bonds is 13. The molecule has 0 radical (unpaired) electrons. The van der Waals surface area contributed by atoms with Crippen LogP contribution < -0.4 is 5.32 Å². The zero-order chi connectivity index (χ0) is 41.1. The average Bonchev–Trinajstić information content (AvgIpc) is 3.87. The number of likely N-dealkylation sites (tertiary alicyclic amines) is 2. The van der Waals surface area contributed by atoms with Gasteiger partial charge >= 0.3 is 18.2 Å². The Kier molecular flexibility index (Phi) is 12.1. The molecule has 4 heterocycles. The summed E-state index contributed by atoms with van der Waals surface area (Å²) in [7, 11) is 0. The van der Waals surface area contributed by atoms with Crippen LogP contribution in [-0.4, -0.2) is 114 Å². The molecule has 4 aliphatic rings. The van der Waals surface area contributed by atoms with Crippen molar-refractivity contribution in [2.45, 2.75) is 69.4 Å². The number of aliphatic carboxylic acids is 1. The maximum absolute atomic E-state index is 13.5. The molecule has 0 saturated carbocycles. The Bertz CT molecular complexity index is 2010. The number of nitrogens with zero attached hydrogens (tertiary/aromatic N) is 5. The van der Waals surface area contributed by atoms with Crippen molar-refractivity contribution >= 4 is 53.1 Å². The first-order valence-corrected chi connectivity index (χ1v) is 19.0. The number of alkyl carbamates (subject to hydrolysis) is 1. The molecule has 20 heteroatoms. The third kappa shape index (κ3) is 8.86. The van der Waals surface area contributed by atoms with Crippen LogP contribution in [0.5, 0.6) is 0 Å². The predicted molar refractivity (Wildman–Crippen MR) is 200 cm³/mol. The SMILES string of the molecule is C[C@@H](O)[C@H]1C(=O)N2C(C(=O)O)=C(S[C@H]3C[C@H](/C=C/C(=O)N4CC[C@H](NC(=O)OCc5ccc([N+](=O)[O-])cc5)C4)N(C(=O)OCc4ccc([N+](=O)[O-])cc4)C3)[C@H](C)[C@H]12. The van der Waals surface area contributed by atoms with Crippen molar-refractivity contribution in [3.05, 3.63) is 103 Å². The molecule has 0 spiro atoms. The van der Waals surface area contributed by atoms with Crippen molar-refractivity contribution in [1.82, 2.24) is 20.0 Å². The highest BCUT2D eigenvalue weighted by atomic mass is 32.2. The molecule has 3 N–H and O–H groups in total. The number of aliphatic hydroxyl groups excluding tert-OH is 1. The molecule has 6 rings (SSSR count). The van der Waals surface area contributed by atoms with Crippen LogP contribution in [0.3, 0.4) is 0 Å². The van der Waals surface area contributed by atoms with E-state index in [1.165, 1.54) is 88.0 Å². The highest BCUT2D eigenvalue weighted by molar-refractivity contribution is 8.03. The summed E-state index contributed by atoms with van der Waals surface area (Å²) in [6.07, 6.45) is 1.25. The zero-order valence-corrected chi connectivity index (χ0v) is 31.6. The van der Waals surface area contributed by atoms with Gasteiger partial charge in [0.25, 0.3) is 11.4 Å².